The molecule has 0 fully saturated rings. The molecular formula is C17H19N3O5. The number of carbonyl (C=O) groups is 2. The standard InChI is InChI=1S/C17H19N3O5/c18-14(21)9-19-16(23)13(15(22)17(24)20-25)8-10-5-6-11-3-1-2-4-12(11)7-10/h1-7,13,15,17,22,24H,8-9H2,(H2,18,21)(H,19,23)/t13-,15+,17?/m1/s1. The van der Waals surface area contributed by atoms with Gasteiger partial charge in [0.15, 0.2) is 0 Å². The topological polar surface area (TPSA) is 142 Å². The van der Waals surface area contributed by atoms with E-state index in [0.717, 1.165) is 16.3 Å². The van der Waals surface area contributed by atoms with Crippen molar-refractivity contribution in [1.82, 2.24) is 5.32 Å². The van der Waals surface area contributed by atoms with E-state index in [1.807, 2.05) is 36.4 Å². The van der Waals surface area contributed by atoms with Crippen LogP contribution in [0.1, 0.15) is 5.56 Å². The summed E-state index contributed by atoms with van der Waals surface area (Å²) in [5.41, 5.74) is 5.70. The summed E-state index contributed by atoms with van der Waals surface area (Å²) in [5.74, 6) is -2.63. The number of carbonyl (C=O) groups excluding carboxylic acids is 2. The lowest BCUT2D eigenvalue weighted by atomic mass is 9.91. The van der Waals surface area contributed by atoms with Gasteiger partial charge in [-0.1, -0.05) is 42.5 Å². The van der Waals surface area contributed by atoms with Crippen LogP contribution >= 0.6 is 0 Å². The SMILES string of the molecule is NC(=O)CNC(=O)[C@H](Cc1ccc2ccccc2c1)[C@H](O)C(O)N=O. The number of nitrogens with two attached hydrogens (primary N) is 1. The van der Waals surface area contributed by atoms with Gasteiger partial charge in [-0.05, 0) is 27.9 Å². The van der Waals surface area contributed by atoms with Crippen molar-refractivity contribution < 1.29 is 19.8 Å². The summed E-state index contributed by atoms with van der Waals surface area (Å²) < 4.78 is 0. The third-order valence-corrected chi connectivity index (χ3v) is 3.87. The van der Waals surface area contributed by atoms with E-state index in [9.17, 15) is 24.7 Å². The molecule has 0 saturated heterocycles. The number of nitrogens with zero attached hydrogens (tertiary/aromatic N) is 1. The van der Waals surface area contributed by atoms with Crippen molar-refractivity contribution in [2.45, 2.75) is 18.8 Å². The largest absolute Gasteiger partial charge is 0.387 e. The predicted octanol–water partition coefficient (Wildman–Crippen LogP) is 0.0457. The van der Waals surface area contributed by atoms with Crippen molar-refractivity contribution in [3.05, 3.63) is 52.9 Å². The highest BCUT2D eigenvalue weighted by atomic mass is 16.4. The summed E-state index contributed by atoms with van der Waals surface area (Å²) in [4.78, 5) is 33.6. The number of rotatable bonds is 8. The molecule has 0 aliphatic rings. The van der Waals surface area contributed by atoms with E-state index in [1.165, 1.54) is 0 Å². The van der Waals surface area contributed by atoms with Crippen LogP contribution < -0.4 is 11.1 Å². The van der Waals surface area contributed by atoms with Crippen molar-refractivity contribution in [2.24, 2.45) is 16.8 Å². The Labute approximate surface area is 143 Å². The van der Waals surface area contributed by atoms with Gasteiger partial charge in [-0.25, -0.2) is 0 Å². The number of fused-ring (bicyclic) bond motifs is 1. The number of amides is 2. The molecule has 25 heavy (non-hydrogen) atoms. The number of hydrogen-bond acceptors (Lipinski definition) is 6. The van der Waals surface area contributed by atoms with Crippen molar-refractivity contribution in [1.29, 1.82) is 0 Å². The van der Waals surface area contributed by atoms with Crippen LogP contribution in [0.15, 0.2) is 47.6 Å². The summed E-state index contributed by atoms with van der Waals surface area (Å²) >= 11 is 0. The van der Waals surface area contributed by atoms with Crippen LogP contribution in [-0.4, -0.2) is 40.9 Å². The van der Waals surface area contributed by atoms with Gasteiger partial charge >= 0.3 is 0 Å². The molecule has 2 rings (SSSR count). The first-order valence-electron chi connectivity index (χ1n) is 7.64. The minimum absolute atomic E-state index is 0.0448. The van der Waals surface area contributed by atoms with E-state index in [-0.39, 0.29) is 6.42 Å². The Bertz CT molecular complexity index is 780. The van der Waals surface area contributed by atoms with E-state index in [2.05, 4.69) is 10.5 Å². The second-order valence-corrected chi connectivity index (χ2v) is 5.69. The predicted molar refractivity (Wildman–Crippen MR) is 91.2 cm³/mol. The minimum Gasteiger partial charge on any atom is -0.387 e. The fraction of sp³-hybridized carbons (Fsp3) is 0.294. The zero-order valence-electron chi connectivity index (χ0n) is 13.3. The maximum Gasteiger partial charge on any atom is 0.236 e. The first-order chi connectivity index (χ1) is 11.9. The van der Waals surface area contributed by atoms with E-state index >= 15 is 0 Å². The van der Waals surface area contributed by atoms with E-state index in [1.54, 1.807) is 6.07 Å². The van der Waals surface area contributed by atoms with Crippen LogP contribution in [0.5, 0.6) is 0 Å². The first kappa shape index (κ1) is 18.5. The van der Waals surface area contributed by atoms with Crippen LogP contribution in [0.2, 0.25) is 0 Å². The Morgan fingerprint density at radius 2 is 1.80 bits per heavy atom. The molecule has 0 radical (unpaired) electrons. The second-order valence-electron chi connectivity index (χ2n) is 5.69. The lowest BCUT2D eigenvalue weighted by Crippen LogP contribution is -2.45. The Kier molecular flexibility index (Phi) is 6.15. The maximum absolute atomic E-state index is 12.2. The highest BCUT2D eigenvalue weighted by molar-refractivity contribution is 5.86. The van der Waals surface area contributed by atoms with Gasteiger partial charge in [0.05, 0.1) is 12.5 Å². The molecular weight excluding hydrogens is 326 g/mol. The minimum atomic E-state index is -1.95. The first-order valence-corrected chi connectivity index (χ1v) is 7.64. The molecule has 2 aromatic rings. The van der Waals surface area contributed by atoms with Crippen molar-refractivity contribution in [3.63, 3.8) is 0 Å². The van der Waals surface area contributed by atoms with Crippen molar-refractivity contribution >= 4 is 22.6 Å². The van der Waals surface area contributed by atoms with Gasteiger partial charge in [-0.15, -0.1) is 4.91 Å². The molecule has 0 bridgehead atoms. The van der Waals surface area contributed by atoms with Gasteiger partial charge in [-0.3, -0.25) is 9.59 Å². The molecule has 0 saturated carbocycles. The summed E-state index contributed by atoms with van der Waals surface area (Å²) in [6.07, 6.45) is -3.62. The second kappa shape index (κ2) is 8.32. The monoisotopic (exact) mass is 345 g/mol. The molecule has 8 heteroatoms. The summed E-state index contributed by atoms with van der Waals surface area (Å²) in [6.45, 7) is -0.412. The van der Waals surface area contributed by atoms with Gasteiger partial charge in [0.1, 0.15) is 6.10 Å². The van der Waals surface area contributed by atoms with Crippen LogP contribution in [0.25, 0.3) is 10.8 Å². The van der Waals surface area contributed by atoms with Gasteiger partial charge < -0.3 is 21.3 Å². The number of primary amides is 1. The molecule has 0 heterocycles. The fourth-order valence-corrected chi connectivity index (χ4v) is 2.56. The third-order valence-electron chi connectivity index (χ3n) is 3.87. The Balaban J connectivity index is 2.24. The van der Waals surface area contributed by atoms with Crippen molar-refractivity contribution in [2.75, 3.05) is 6.54 Å². The van der Waals surface area contributed by atoms with E-state index < -0.39 is 36.6 Å². The quantitative estimate of drug-likeness (QED) is 0.500. The molecule has 8 nitrogen and oxygen atoms in total. The number of hydrogen-bond donors (Lipinski definition) is 4. The third kappa shape index (κ3) is 4.82. The molecule has 3 atom stereocenters. The van der Waals surface area contributed by atoms with Crippen LogP contribution in [-0.2, 0) is 16.0 Å². The highest BCUT2D eigenvalue weighted by Crippen LogP contribution is 2.21. The highest BCUT2D eigenvalue weighted by Gasteiger charge is 2.33. The van der Waals surface area contributed by atoms with Crippen LogP contribution in [0, 0.1) is 10.8 Å². The molecule has 0 spiro atoms. The Hall–Kier alpha value is -2.84. The molecule has 0 aliphatic carbocycles. The molecule has 5 N–H and O–H groups in total. The molecule has 0 aliphatic heterocycles. The fourth-order valence-electron chi connectivity index (χ4n) is 2.56. The number of aliphatic hydroxyl groups excluding tert-OH is 2. The smallest absolute Gasteiger partial charge is 0.236 e. The zero-order chi connectivity index (χ0) is 18.4. The van der Waals surface area contributed by atoms with Gasteiger partial charge in [0, 0.05) is 0 Å². The number of aliphatic hydroxyl groups is 2. The molecule has 1 unspecified atom stereocenters. The van der Waals surface area contributed by atoms with E-state index in [4.69, 9.17) is 5.73 Å². The molecule has 2 amide bonds. The van der Waals surface area contributed by atoms with Crippen molar-refractivity contribution in [3.8, 4) is 0 Å². The van der Waals surface area contributed by atoms with Gasteiger partial charge in [0.25, 0.3) is 0 Å². The normalized spacial score (nSPS) is 14.5. The summed E-state index contributed by atoms with van der Waals surface area (Å²) in [6, 6.07) is 13.1. The maximum atomic E-state index is 12.2. The van der Waals surface area contributed by atoms with Crippen LogP contribution in [0.4, 0.5) is 0 Å². The number of benzene rings is 2. The number of nitroso groups, excluding NO2 is 1. The van der Waals surface area contributed by atoms with Gasteiger partial charge in [-0.2, -0.15) is 0 Å². The Morgan fingerprint density at radius 1 is 1.12 bits per heavy atom. The lowest BCUT2D eigenvalue weighted by Gasteiger charge is -2.23. The number of nitrogens with one attached hydrogen (secondary N) is 1. The molecule has 0 aromatic heterocycles. The van der Waals surface area contributed by atoms with Crippen LogP contribution in [0.3, 0.4) is 0 Å². The Morgan fingerprint density at radius 3 is 2.44 bits per heavy atom. The van der Waals surface area contributed by atoms with Gasteiger partial charge in [0.2, 0.25) is 18.0 Å². The molecule has 132 valence electrons. The average Bonchev–Trinajstić information content (AvgIpc) is 2.62. The lowest BCUT2D eigenvalue weighted by molar-refractivity contribution is -0.133. The average molecular weight is 345 g/mol. The zero-order valence-corrected chi connectivity index (χ0v) is 13.3. The summed E-state index contributed by atoms with van der Waals surface area (Å²) in [5, 5.41) is 26.1. The summed E-state index contributed by atoms with van der Waals surface area (Å²) in [7, 11) is 0. The molecule has 2 aromatic carbocycles. The van der Waals surface area contributed by atoms with E-state index in [0.29, 0.717) is 0 Å².